The number of ether oxygens (including phenoxy) is 2. The van der Waals surface area contributed by atoms with Crippen molar-refractivity contribution < 1.29 is 14.6 Å². The molecule has 0 amide bonds. The van der Waals surface area contributed by atoms with Gasteiger partial charge >= 0.3 is 0 Å². The number of hydrogen-bond donors (Lipinski definition) is 2. The number of rotatable bonds is 11. The highest BCUT2D eigenvalue weighted by molar-refractivity contribution is 5.40. The Morgan fingerprint density at radius 2 is 1.90 bits per heavy atom. The van der Waals surface area contributed by atoms with Gasteiger partial charge in [0.15, 0.2) is 0 Å². The molecule has 0 spiro atoms. The minimum Gasteiger partial charge on any atom is -0.497 e. The summed E-state index contributed by atoms with van der Waals surface area (Å²) in [6.45, 7) is 6.03. The van der Waals surface area contributed by atoms with Crippen molar-refractivity contribution in [2.75, 3.05) is 20.3 Å². The average Bonchev–Trinajstić information content (AvgIpc) is 2.49. The summed E-state index contributed by atoms with van der Waals surface area (Å²) in [5.74, 6) is 1.71. The Kier molecular flexibility index (Phi) is 8.87. The van der Waals surface area contributed by atoms with Gasteiger partial charge in [-0.15, -0.1) is 0 Å². The predicted molar refractivity (Wildman–Crippen MR) is 86.0 cm³/mol. The van der Waals surface area contributed by atoms with Gasteiger partial charge in [0, 0.05) is 30.8 Å². The third-order valence-electron chi connectivity index (χ3n) is 3.29. The Bertz CT molecular complexity index is 394. The molecule has 4 heteroatoms. The summed E-state index contributed by atoms with van der Waals surface area (Å²) in [7, 11) is 1.67. The summed E-state index contributed by atoms with van der Waals surface area (Å²) in [5.41, 5.74) is 1.15. The zero-order valence-electron chi connectivity index (χ0n) is 13.5. The molecule has 0 fully saturated rings. The van der Waals surface area contributed by atoms with Gasteiger partial charge in [-0.2, -0.15) is 0 Å². The van der Waals surface area contributed by atoms with Crippen LogP contribution in [0.25, 0.3) is 0 Å². The summed E-state index contributed by atoms with van der Waals surface area (Å²) in [5, 5.41) is 12.2. The Hall–Kier alpha value is -1.26. The normalized spacial score (nSPS) is 10.9. The largest absolute Gasteiger partial charge is 0.497 e. The van der Waals surface area contributed by atoms with E-state index in [2.05, 4.69) is 25.2 Å². The zero-order valence-corrected chi connectivity index (χ0v) is 13.5. The van der Waals surface area contributed by atoms with Crippen LogP contribution in [0.15, 0.2) is 18.2 Å². The van der Waals surface area contributed by atoms with Crippen LogP contribution in [-0.2, 0) is 6.54 Å². The summed E-state index contributed by atoms with van der Waals surface area (Å²) in [4.78, 5) is 0. The van der Waals surface area contributed by atoms with Crippen molar-refractivity contribution in [2.45, 2.75) is 52.1 Å². The summed E-state index contributed by atoms with van der Waals surface area (Å²) in [6, 6.07) is 6.41. The summed E-state index contributed by atoms with van der Waals surface area (Å²) < 4.78 is 11.2. The number of nitrogens with one attached hydrogen (secondary N) is 1. The van der Waals surface area contributed by atoms with E-state index in [0.717, 1.165) is 49.3 Å². The molecule has 0 aliphatic rings. The molecule has 0 unspecified atom stereocenters. The first-order chi connectivity index (χ1) is 10.2. The first-order valence-electron chi connectivity index (χ1n) is 7.81. The summed E-state index contributed by atoms with van der Waals surface area (Å²) in [6.07, 6.45) is 4.03. The molecule has 0 saturated carbocycles. The maximum absolute atomic E-state index is 8.75. The fourth-order valence-electron chi connectivity index (χ4n) is 2.01. The molecule has 1 aromatic rings. The highest BCUT2D eigenvalue weighted by Gasteiger charge is 2.06. The quantitative estimate of drug-likeness (QED) is 0.616. The lowest BCUT2D eigenvalue weighted by atomic mass is 10.1. The molecular formula is C17H29NO3. The standard InChI is InChI=1S/C17H29NO3/c1-14(2)18-13-15-8-9-16(20-3)12-17(15)21-11-7-5-4-6-10-19/h8-9,12,14,18-19H,4-7,10-11,13H2,1-3H3. The van der Waals surface area contributed by atoms with E-state index in [9.17, 15) is 0 Å². The molecule has 0 radical (unpaired) electrons. The van der Waals surface area contributed by atoms with E-state index in [1.54, 1.807) is 7.11 Å². The lowest BCUT2D eigenvalue weighted by Crippen LogP contribution is -2.22. The second kappa shape index (κ2) is 10.5. The van der Waals surface area contributed by atoms with Gasteiger partial charge in [-0.1, -0.05) is 26.3 Å². The third-order valence-corrected chi connectivity index (χ3v) is 3.29. The van der Waals surface area contributed by atoms with Crippen LogP contribution >= 0.6 is 0 Å². The van der Waals surface area contributed by atoms with Crippen LogP contribution in [0, 0.1) is 0 Å². The zero-order chi connectivity index (χ0) is 15.5. The van der Waals surface area contributed by atoms with Crippen molar-refractivity contribution in [3.8, 4) is 11.5 Å². The van der Waals surface area contributed by atoms with E-state index < -0.39 is 0 Å². The van der Waals surface area contributed by atoms with Crippen molar-refractivity contribution in [2.24, 2.45) is 0 Å². The molecular weight excluding hydrogens is 266 g/mol. The van der Waals surface area contributed by atoms with Gasteiger partial charge in [0.2, 0.25) is 0 Å². The van der Waals surface area contributed by atoms with Gasteiger partial charge in [0.05, 0.1) is 13.7 Å². The van der Waals surface area contributed by atoms with Crippen molar-refractivity contribution in [3.63, 3.8) is 0 Å². The van der Waals surface area contributed by atoms with E-state index in [1.165, 1.54) is 0 Å². The highest BCUT2D eigenvalue weighted by Crippen LogP contribution is 2.25. The fraction of sp³-hybridized carbons (Fsp3) is 0.647. The number of aliphatic hydroxyl groups is 1. The van der Waals surface area contributed by atoms with Crippen molar-refractivity contribution in [1.82, 2.24) is 5.32 Å². The Balaban J connectivity index is 2.51. The molecule has 0 bridgehead atoms. The Labute approximate surface area is 128 Å². The molecule has 0 heterocycles. The number of aliphatic hydroxyl groups excluding tert-OH is 1. The van der Waals surface area contributed by atoms with E-state index in [-0.39, 0.29) is 6.61 Å². The molecule has 1 rings (SSSR count). The van der Waals surface area contributed by atoms with Gasteiger partial charge in [0.1, 0.15) is 11.5 Å². The lowest BCUT2D eigenvalue weighted by molar-refractivity contribution is 0.272. The maximum Gasteiger partial charge on any atom is 0.127 e. The number of methoxy groups -OCH3 is 1. The van der Waals surface area contributed by atoms with Crippen LogP contribution in [0.5, 0.6) is 11.5 Å². The lowest BCUT2D eigenvalue weighted by Gasteiger charge is -2.15. The fourth-order valence-corrected chi connectivity index (χ4v) is 2.01. The molecule has 0 saturated heterocycles. The van der Waals surface area contributed by atoms with E-state index >= 15 is 0 Å². The van der Waals surface area contributed by atoms with Crippen molar-refractivity contribution in [1.29, 1.82) is 0 Å². The first kappa shape index (κ1) is 17.8. The van der Waals surface area contributed by atoms with Crippen LogP contribution in [0.3, 0.4) is 0 Å². The van der Waals surface area contributed by atoms with Crippen LogP contribution < -0.4 is 14.8 Å². The van der Waals surface area contributed by atoms with Crippen LogP contribution in [0.4, 0.5) is 0 Å². The second-order valence-electron chi connectivity index (χ2n) is 5.50. The molecule has 0 atom stereocenters. The number of benzene rings is 1. The molecule has 21 heavy (non-hydrogen) atoms. The molecule has 4 nitrogen and oxygen atoms in total. The first-order valence-corrected chi connectivity index (χ1v) is 7.81. The van der Waals surface area contributed by atoms with E-state index in [0.29, 0.717) is 12.6 Å². The molecule has 0 aliphatic heterocycles. The van der Waals surface area contributed by atoms with Gasteiger partial charge in [-0.3, -0.25) is 0 Å². The minimum absolute atomic E-state index is 0.280. The smallest absolute Gasteiger partial charge is 0.127 e. The SMILES string of the molecule is COc1ccc(CNC(C)C)c(OCCCCCCO)c1. The molecule has 0 aliphatic carbocycles. The van der Waals surface area contributed by atoms with Crippen molar-refractivity contribution >= 4 is 0 Å². The molecule has 1 aromatic carbocycles. The van der Waals surface area contributed by atoms with Crippen LogP contribution in [0.1, 0.15) is 45.1 Å². The van der Waals surface area contributed by atoms with Gasteiger partial charge in [-0.05, 0) is 25.3 Å². The predicted octanol–water partition coefficient (Wildman–Crippen LogP) is 3.12. The second-order valence-corrected chi connectivity index (χ2v) is 5.50. The topological polar surface area (TPSA) is 50.7 Å². The van der Waals surface area contributed by atoms with Gasteiger partial charge in [-0.25, -0.2) is 0 Å². The van der Waals surface area contributed by atoms with Gasteiger partial charge < -0.3 is 19.9 Å². The number of hydrogen-bond acceptors (Lipinski definition) is 4. The molecule has 120 valence electrons. The van der Waals surface area contributed by atoms with E-state index in [4.69, 9.17) is 14.6 Å². The monoisotopic (exact) mass is 295 g/mol. The average molecular weight is 295 g/mol. The van der Waals surface area contributed by atoms with Crippen LogP contribution in [-0.4, -0.2) is 31.5 Å². The maximum atomic E-state index is 8.75. The Morgan fingerprint density at radius 3 is 2.57 bits per heavy atom. The van der Waals surface area contributed by atoms with Crippen molar-refractivity contribution in [3.05, 3.63) is 23.8 Å². The number of unbranched alkanes of at least 4 members (excludes halogenated alkanes) is 3. The summed E-state index contributed by atoms with van der Waals surface area (Å²) >= 11 is 0. The third kappa shape index (κ3) is 7.34. The highest BCUT2D eigenvalue weighted by atomic mass is 16.5. The Morgan fingerprint density at radius 1 is 1.14 bits per heavy atom. The van der Waals surface area contributed by atoms with Gasteiger partial charge in [0.25, 0.3) is 0 Å². The molecule has 2 N–H and O–H groups in total. The van der Waals surface area contributed by atoms with E-state index in [1.807, 2.05) is 12.1 Å². The van der Waals surface area contributed by atoms with Crippen LogP contribution in [0.2, 0.25) is 0 Å². The minimum atomic E-state index is 0.280. The molecule has 0 aromatic heterocycles.